The Morgan fingerprint density at radius 2 is 2.25 bits per heavy atom. The molecule has 2 N–H and O–H groups in total. The number of fused-ring (bicyclic) bond motifs is 1. The number of carbonyl (C=O) groups excluding carboxylic acids is 2. The number of amides is 2. The van der Waals surface area contributed by atoms with E-state index in [1.54, 1.807) is 30.5 Å². The van der Waals surface area contributed by atoms with Gasteiger partial charge in [-0.1, -0.05) is 0 Å². The van der Waals surface area contributed by atoms with Crippen molar-refractivity contribution in [2.24, 2.45) is 0 Å². The number of pyridine rings is 2. The second-order valence-electron chi connectivity index (χ2n) is 4.08. The van der Waals surface area contributed by atoms with Gasteiger partial charge in [0.2, 0.25) is 0 Å². The highest BCUT2D eigenvalue weighted by molar-refractivity contribution is 6.03. The number of nitrogens with one attached hydrogen (secondary N) is 2. The average molecular weight is 270 g/mol. The van der Waals surface area contributed by atoms with Crippen molar-refractivity contribution >= 4 is 23.5 Å². The molecule has 1 aliphatic rings. The number of ether oxygens (including phenoxy) is 1. The highest BCUT2D eigenvalue weighted by atomic mass is 16.5. The second-order valence-corrected chi connectivity index (χ2v) is 4.08. The monoisotopic (exact) mass is 270 g/mol. The predicted molar refractivity (Wildman–Crippen MR) is 70.6 cm³/mol. The topological polar surface area (TPSA) is 93.2 Å². The Bertz CT molecular complexity index is 673. The van der Waals surface area contributed by atoms with Gasteiger partial charge in [-0.2, -0.15) is 0 Å². The van der Waals surface area contributed by atoms with Crippen LogP contribution in [-0.4, -0.2) is 28.4 Å². The Labute approximate surface area is 114 Å². The molecule has 0 saturated heterocycles. The first kappa shape index (κ1) is 12.1. The van der Waals surface area contributed by atoms with Crippen molar-refractivity contribution in [3.05, 3.63) is 42.2 Å². The molecular weight excluding hydrogens is 260 g/mol. The van der Waals surface area contributed by atoms with Crippen LogP contribution in [0.2, 0.25) is 0 Å². The SMILES string of the molecule is O=C1COc2ccc(NC(=O)c3cccnc3)nc2N1. The van der Waals surface area contributed by atoms with Gasteiger partial charge in [-0.3, -0.25) is 14.6 Å². The zero-order valence-electron chi connectivity index (χ0n) is 10.3. The zero-order valence-corrected chi connectivity index (χ0v) is 10.3. The predicted octanol–water partition coefficient (Wildman–Crippen LogP) is 1.06. The largest absolute Gasteiger partial charge is 0.480 e. The molecule has 0 unspecified atom stereocenters. The third kappa shape index (κ3) is 2.41. The van der Waals surface area contributed by atoms with Gasteiger partial charge in [-0.05, 0) is 24.3 Å². The molecule has 2 aromatic heterocycles. The molecule has 3 heterocycles. The minimum Gasteiger partial charge on any atom is -0.480 e. The summed E-state index contributed by atoms with van der Waals surface area (Å²) in [5.74, 6) is 0.493. The normalized spacial score (nSPS) is 12.9. The lowest BCUT2D eigenvalue weighted by Crippen LogP contribution is -2.26. The lowest BCUT2D eigenvalue weighted by molar-refractivity contribution is -0.118. The van der Waals surface area contributed by atoms with Crippen molar-refractivity contribution in [2.45, 2.75) is 0 Å². The summed E-state index contributed by atoms with van der Waals surface area (Å²) in [7, 11) is 0. The fraction of sp³-hybridized carbons (Fsp3) is 0.0769. The molecule has 2 amide bonds. The Hall–Kier alpha value is -2.96. The summed E-state index contributed by atoms with van der Waals surface area (Å²) in [4.78, 5) is 31.1. The number of rotatable bonds is 2. The summed E-state index contributed by atoms with van der Waals surface area (Å²) in [6, 6.07) is 6.56. The van der Waals surface area contributed by atoms with Crippen LogP contribution >= 0.6 is 0 Å². The van der Waals surface area contributed by atoms with Gasteiger partial charge in [0.1, 0.15) is 5.82 Å². The van der Waals surface area contributed by atoms with E-state index in [9.17, 15) is 9.59 Å². The number of hydrogen-bond acceptors (Lipinski definition) is 5. The van der Waals surface area contributed by atoms with Gasteiger partial charge in [0.25, 0.3) is 11.8 Å². The summed E-state index contributed by atoms with van der Waals surface area (Å²) in [6.07, 6.45) is 3.04. The molecule has 7 nitrogen and oxygen atoms in total. The van der Waals surface area contributed by atoms with Crippen molar-refractivity contribution in [3.63, 3.8) is 0 Å². The van der Waals surface area contributed by atoms with E-state index in [1.807, 2.05) is 0 Å². The summed E-state index contributed by atoms with van der Waals surface area (Å²) in [6.45, 7) is -0.0317. The van der Waals surface area contributed by atoms with Crippen LogP contribution in [0.25, 0.3) is 0 Å². The maximum absolute atomic E-state index is 11.9. The molecule has 100 valence electrons. The molecule has 2 aromatic rings. The van der Waals surface area contributed by atoms with E-state index in [0.29, 0.717) is 22.9 Å². The van der Waals surface area contributed by atoms with Crippen molar-refractivity contribution < 1.29 is 14.3 Å². The number of carbonyl (C=O) groups is 2. The first-order chi connectivity index (χ1) is 9.72. The fourth-order valence-electron chi connectivity index (χ4n) is 1.72. The third-order valence-corrected chi connectivity index (χ3v) is 2.64. The van der Waals surface area contributed by atoms with Gasteiger partial charge in [-0.15, -0.1) is 0 Å². The molecule has 7 heteroatoms. The van der Waals surface area contributed by atoms with Crippen molar-refractivity contribution in [1.29, 1.82) is 0 Å². The number of hydrogen-bond donors (Lipinski definition) is 2. The molecule has 0 atom stereocenters. The summed E-state index contributed by atoms with van der Waals surface area (Å²) >= 11 is 0. The molecule has 0 bridgehead atoms. The van der Waals surface area contributed by atoms with Gasteiger partial charge in [-0.25, -0.2) is 4.98 Å². The van der Waals surface area contributed by atoms with Crippen LogP contribution in [0.1, 0.15) is 10.4 Å². The standard InChI is InChI=1S/C13H10N4O3/c18-11-7-20-9-3-4-10(15-12(9)17-11)16-13(19)8-2-1-5-14-6-8/h1-6H,7H2,(H2,15,16,17,18,19). The highest BCUT2D eigenvalue weighted by Crippen LogP contribution is 2.26. The van der Waals surface area contributed by atoms with Gasteiger partial charge in [0.05, 0.1) is 5.56 Å². The minimum absolute atomic E-state index is 0.0317. The molecule has 0 spiro atoms. The van der Waals surface area contributed by atoms with E-state index in [0.717, 1.165) is 0 Å². The van der Waals surface area contributed by atoms with Crippen LogP contribution < -0.4 is 15.4 Å². The lowest BCUT2D eigenvalue weighted by Gasteiger charge is -2.17. The van der Waals surface area contributed by atoms with Crippen LogP contribution in [0.4, 0.5) is 11.6 Å². The van der Waals surface area contributed by atoms with Crippen LogP contribution in [0.3, 0.4) is 0 Å². The van der Waals surface area contributed by atoms with E-state index in [4.69, 9.17) is 4.74 Å². The molecule has 0 aliphatic carbocycles. The average Bonchev–Trinajstić information content (AvgIpc) is 2.47. The quantitative estimate of drug-likeness (QED) is 0.851. The van der Waals surface area contributed by atoms with Gasteiger partial charge in [0.15, 0.2) is 18.2 Å². The highest BCUT2D eigenvalue weighted by Gasteiger charge is 2.18. The van der Waals surface area contributed by atoms with Crippen molar-refractivity contribution in [3.8, 4) is 5.75 Å². The zero-order chi connectivity index (χ0) is 13.9. The van der Waals surface area contributed by atoms with Crippen molar-refractivity contribution in [1.82, 2.24) is 9.97 Å². The molecule has 0 aromatic carbocycles. The first-order valence-electron chi connectivity index (χ1n) is 5.87. The first-order valence-corrected chi connectivity index (χ1v) is 5.87. The van der Waals surface area contributed by atoms with E-state index in [2.05, 4.69) is 20.6 Å². The molecule has 1 aliphatic heterocycles. The summed E-state index contributed by atoms with van der Waals surface area (Å²) in [5.41, 5.74) is 0.423. The Balaban J connectivity index is 1.80. The van der Waals surface area contributed by atoms with Crippen LogP contribution in [0, 0.1) is 0 Å². The molecule has 3 rings (SSSR count). The van der Waals surface area contributed by atoms with Crippen LogP contribution in [0.5, 0.6) is 5.75 Å². The minimum atomic E-state index is -0.325. The van der Waals surface area contributed by atoms with Gasteiger partial charge in [0, 0.05) is 12.4 Å². The van der Waals surface area contributed by atoms with Crippen molar-refractivity contribution in [2.75, 3.05) is 17.2 Å². The Morgan fingerprint density at radius 1 is 1.35 bits per heavy atom. The maximum atomic E-state index is 11.9. The smallest absolute Gasteiger partial charge is 0.263 e. The molecule has 0 fully saturated rings. The Morgan fingerprint density at radius 3 is 3.05 bits per heavy atom. The molecule has 0 radical (unpaired) electrons. The number of anilines is 2. The maximum Gasteiger partial charge on any atom is 0.263 e. The third-order valence-electron chi connectivity index (χ3n) is 2.64. The van der Waals surface area contributed by atoms with E-state index in [1.165, 1.54) is 6.20 Å². The van der Waals surface area contributed by atoms with E-state index in [-0.39, 0.29) is 18.4 Å². The number of nitrogens with zero attached hydrogens (tertiary/aromatic N) is 2. The molecule has 0 saturated carbocycles. The lowest BCUT2D eigenvalue weighted by atomic mass is 10.2. The fourth-order valence-corrected chi connectivity index (χ4v) is 1.72. The van der Waals surface area contributed by atoms with Gasteiger partial charge < -0.3 is 15.4 Å². The Kier molecular flexibility index (Phi) is 3.00. The summed E-state index contributed by atoms with van der Waals surface area (Å²) in [5, 5.41) is 5.20. The molecule has 20 heavy (non-hydrogen) atoms. The number of aromatic nitrogens is 2. The molecular formula is C13H10N4O3. The van der Waals surface area contributed by atoms with E-state index < -0.39 is 0 Å². The van der Waals surface area contributed by atoms with Crippen LogP contribution in [0.15, 0.2) is 36.7 Å². The van der Waals surface area contributed by atoms with E-state index >= 15 is 0 Å². The van der Waals surface area contributed by atoms with Gasteiger partial charge >= 0.3 is 0 Å². The summed E-state index contributed by atoms with van der Waals surface area (Å²) < 4.78 is 5.18. The second kappa shape index (κ2) is 4.96. The van der Waals surface area contributed by atoms with Crippen LogP contribution in [-0.2, 0) is 4.79 Å².